The molecule has 1 aliphatic rings. The normalized spacial score (nSPS) is 27.4. The summed E-state index contributed by atoms with van der Waals surface area (Å²) >= 11 is 0. The summed E-state index contributed by atoms with van der Waals surface area (Å²) in [4.78, 5) is 4.42. The number of pyridine rings is 1. The monoisotopic (exact) mass is 293 g/mol. The highest BCUT2D eigenvalue weighted by Crippen LogP contribution is 2.36. The lowest BCUT2D eigenvalue weighted by atomic mass is 9.75. The quantitative estimate of drug-likeness (QED) is 0.895. The van der Waals surface area contributed by atoms with Crippen molar-refractivity contribution in [2.75, 3.05) is 7.11 Å². The molecule has 4 nitrogen and oxygen atoms in total. The third kappa shape index (κ3) is 3.38. The number of aromatic nitrogens is 1. The molecule has 1 heterocycles. The van der Waals surface area contributed by atoms with Crippen LogP contribution in [0.15, 0.2) is 6.20 Å². The summed E-state index contributed by atoms with van der Waals surface area (Å²) < 4.78 is 5.40. The first-order valence-corrected chi connectivity index (χ1v) is 7.77. The van der Waals surface area contributed by atoms with Crippen molar-refractivity contribution in [2.24, 2.45) is 5.92 Å². The Bertz CT molecular complexity index is 493. The standard InChI is InChI=1S/C17H27NO3/c1-11-5-7-17(20,8-6-11)15(19)9-14-13(3)16(21-4)12(2)10-18-14/h10-11,15,19-20H,5-9H2,1-4H3. The minimum absolute atomic E-state index is 0.368. The second-order valence-electron chi connectivity index (χ2n) is 6.55. The van der Waals surface area contributed by atoms with Crippen molar-refractivity contribution >= 4 is 0 Å². The van der Waals surface area contributed by atoms with E-state index in [1.807, 2.05) is 13.8 Å². The first kappa shape index (κ1) is 16.2. The van der Waals surface area contributed by atoms with E-state index in [0.717, 1.165) is 35.4 Å². The van der Waals surface area contributed by atoms with Gasteiger partial charge in [-0.25, -0.2) is 0 Å². The van der Waals surface area contributed by atoms with Crippen molar-refractivity contribution in [3.63, 3.8) is 0 Å². The molecule has 1 aromatic heterocycles. The topological polar surface area (TPSA) is 62.6 Å². The van der Waals surface area contributed by atoms with E-state index >= 15 is 0 Å². The molecule has 1 fully saturated rings. The van der Waals surface area contributed by atoms with Crippen LogP contribution in [0.3, 0.4) is 0 Å². The molecule has 118 valence electrons. The Kier molecular flexibility index (Phi) is 4.89. The fourth-order valence-corrected chi connectivity index (χ4v) is 3.25. The van der Waals surface area contributed by atoms with Gasteiger partial charge in [0.15, 0.2) is 0 Å². The van der Waals surface area contributed by atoms with Gasteiger partial charge in [0.1, 0.15) is 5.75 Å². The van der Waals surface area contributed by atoms with Gasteiger partial charge in [-0.05, 0) is 45.4 Å². The van der Waals surface area contributed by atoms with E-state index in [2.05, 4.69) is 11.9 Å². The average Bonchev–Trinajstić information content (AvgIpc) is 2.46. The Balaban J connectivity index is 2.14. The molecule has 1 saturated carbocycles. The zero-order chi connectivity index (χ0) is 15.6. The van der Waals surface area contributed by atoms with Crippen LogP contribution in [-0.4, -0.2) is 34.0 Å². The maximum Gasteiger partial charge on any atom is 0.128 e. The van der Waals surface area contributed by atoms with E-state index in [1.165, 1.54) is 0 Å². The fourth-order valence-electron chi connectivity index (χ4n) is 3.25. The number of methoxy groups -OCH3 is 1. The van der Waals surface area contributed by atoms with Gasteiger partial charge in [0, 0.05) is 29.4 Å². The predicted octanol–water partition coefficient (Wildman–Crippen LogP) is 2.55. The van der Waals surface area contributed by atoms with Crippen LogP contribution in [0, 0.1) is 19.8 Å². The van der Waals surface area contributed by atoms with E-state index in [9.17, 15) is 10.2 Å². The van der Waals surface area contributed by atoms with Crippen molar-refractivity contribution in [1.82, 2.24) is 4.98 Å². The number of hydrogen-bond acceptors (Lipinski definition) is 4. The molecule has 2 rings (SSSR count). The zero-order valence-corrected chi connectivity index (χ0v) is 13.5. The number of hydrogen-bond donors (Lipinski definition) is 2. The number of aliphatic hydroxyl groups excluding tert-OH is 1. The molecular weight excluding hydrogens is 266 g/mol. The Labute approximate surface area is 127 Å². The highest BCUT2D eigenvalue weighted by molar-refractivity contribution is 5.41. The highest BCUT2D eigenvalue weighted by Gasteiger charge is 2.38. The Morgan fingerprint density at radius 1 is 1.38 bits per heavy atom. The summed E-state index contributed by atoms with van der Waals surface area (Å²) in [6.45, 7) is 6.10. The van der Waals surface area contributed by atoms with E-state index < -0.39 is 11.7 Å². The molecule has 0 saturated heterocycles. The molecular formula is C17H27NO3. The molecule has 0 aliphatic heterocycles. The first-order chi connectivity index (χ1) is 9.87. The lowest BCUT2D eigenvalue weighted by Crippen LogP contribution is -2.46. The summed E-state index contributed by atoms with van der Waals surface area (Å²) in [7, 11) is 1.64. The second-order valence-corrected chi connectivity index (χ2v) is 6.55. The second kappa shape index (κ2) is 6.32. The predicted molar refractivity (Wildman–Crippen MR) is 82.6 cm³/mol. The number of ether oxygens (including phenoxy) is 1. The zero-order valence-electron chi connectivity index (χ0n) is 13.5. The largest absolute Gasteiger partial charge is 0.496 e. The molecule has 1 atom stereocenters. The summed E-state index contributed by atoms with van der Waals surface area (Å²) in [5.41, 5.74) is 1.76. The number of nitrogens with zero attached hydrogens (tertiary/aromatic N) is 1. The molecule has 4 heteroatoms. The summed E-state index contributed by atoms with van der Waals surface area (Å²) in [5, 5.41) is 21.2. The summed E-state index contributed by atoms with van der Waals surface area (Å²) in [6, 6.07) is 0. The highest BCUT2D eigenvalue weighted by atomic mass is 16.5. The van der Waals surface area contributed by atoms with Crippen molar-refractivity contribution in [2.45, 2.75) is 64.6 Å². The minimum Gasteiger partial charge on any atom is -0.496 e. The van der Waals surface area contributed by atoms with Crippen molar-refractivity contribution in [3.8, 4) is 5.75 Å². The van der Waals surface area contributed by atoms with Gasteiger partial charge in [-0.15, -0.1) is 0 Å². The van der Waals surface area contributed by atoms with Crippen LogP contribution >= 0.6 is 0 Å². The fraction of sp³-hybridized carbons (Fsp3) is 0.706. The number of rotatable bonds is 4. The molecule has 1 unspecified atom stereocenters. The number of aliphatic hydroxyl groups is 2. The maximum atomic E-state index is 10.7. The Morgan fingerprint density at radius 2 is 2.00 bits per heavy atom. The van der Waals surface area contributed by atoms with Crippen LogP contribution in [0.1, 0.15) is 49.4 Å². The molecule has 1 aliphatic carbocycles. The average molecular weight is 293 g/mol. The van der Waals surface area contributed by atoms with Crippen LogP contribution in [0.4, 0.5) is 0 Å². The van der Waals surface area contributed by atoms with Crippen LogP contribution in [0.2, 0.25) is 0 Å². The van der Waals surface area contributed by atoms with Gasteiger partial charge in [0.25, 0.3) is 0 Å². The molecule has 1 aromatic rings. The minimum atomic E-state index is -0.973. The lowest BCUT2D eigenvalue weighted by Gasteiger charge is -2.38. The lowest BCUT2D eigenvalue weighted by molar-refractivity contribution is -0.102. The van der Waals surface area contributed by atoms with Gasteiger partial charge < -0.3 is 14.9 Å². The summed E-state index contributed by atoms with van der Waals surface area (Å²) in [6.07, 6.45) is 4.63. The van der Waals surface area contributed by atoms with Crippen molar-refractivity contribution in [1.29, 1.82) is 0 Å². The SMILES string of the molecule is COc1c(C)cnc(CC(O)C2(O)CCC(C)CC2)c1C. The Morgan fingerprint density at radius 3 is 2.57 bits per heavy atom. The molecule has 0 radical (unpaired) electrons. The van der Waals surface area contributed by atoms with Gasteiger partial charge in [0.2, 0.25) is 0 Å². The van der Waals surface area contributed by atoms with Gasteiger partial charge in [0.05, 0.1) is 18.8 Å². The third-order valence-corrected chi connectivity index (χ3v) is 4.90. The molecule has 0 amide bonds. The van der Waals surface area contributed by atoms with Gasteiger partial charge in [-0.3, -0.25) is 4.98 Å². The van der Waals surface area contributed by atoms with E-state index in [0.29, 0.717) is 25.2 Å². The van der Waals surface area contributed by atoms with Gasteiger partial charge >= 0.3 is 0 Å². The van der Waals surface area contributed by atoms with Crippen molar-refractivity contribution < 1.29 is 14.9 Å². The number of aryl methyl sites for hydroxylation is 1. The van der Waals surface area contributed by atoms with Gasteiger partial charge in [-0.1, -0.05) is 6.92 Å². The van der Waals surface area contributed by atoms with Crippen molar-refractivity contribution in [3.05, 3.63) is 23.0 Å². The first-order valence-electron chi connectivity index (χ1n) is 7.77. The molecule has 0 spiro atoms. The smallest absolute Gasteiger partial charge is 0.128 e. The maximum absolute atomic E-state index is 10.7. The third-order valence-electron chi connectivity index (χ3n) is 4.90. The Hall–Kier alpha value is -1.13. The summed E-state index contributed by atoms with van der Waals surface area (Å²) in [5.74, 6) is 1.45. The van der Waals surface area contributed by atoms with E-state index in [1.54, 1.807) is 13.3 Å². The van der Waals surface area contributed by atoms with E-state index in [4.69, 9.17) is 4.74 Å². The van der Waals surface area contributed by atoms with Gasteiger partial charge in [-0.2, -0.15) is 0 Å². The van der Waals surface area contributed by atoms with Crippen LogP contribution in [-0.2, 0) is 6.42 Å². The van der Waals surface area contributed by atoms with Crippen LogP contribution < -0.4 is 4.74 Å². The van der Waals surface area contributed by atoms with E-state index in [-0.39, 0.29) is 0 Å². The molecule has 2 N–H and O–H groups in total. The van der Waals surface area contributed by atoms with Crippen LogP contribution in [0.5, 0.6) is 5.75 Å². The molecule has 0 aromatic carbocycles. The van der Waals surface area contributed by atoms with Crippen LogP contribution in [0.25, 0.3) is 0 Å². The molecule has 0 bridgehead atoms. The molecule has 21 heavy (non-hydrogen) atoms.